The summed E-state index contributed by atoms with van der Waals surface area (Å²) in [5.41, 5.74) is 1.31. The molecule has 7 heteroatoms. The van der Waals surface area contributed by atoms with Gasteiger partial charge in [-0.2, -0.15) is 0 Å². The molecule has 1 saturated carbocycles. The van der Waals surface area contributed by atoms with E-state index < -0.39 is 0 Å². The molecule has 2 aliphatic rings. The second kappa shape index (κ2) is 8.47. The summed E-state index contributed by atoms with van der Waals surface area (Å²) in [5.74, 6) is 1.40. The van der Waals surface area contributed by atoms with Gasteiger partial charge in [0.1, 0.15) is 17.3 Å². The SMILES string of the molecule is CC(C)c1nc(NCCC(=O)NC2CCCCC2)c2c(n1)C(=O)NCC2. The molecule has 3 N–H and O–H groups in total. The number of rotatable bonds is 6. The third-order valence-corrected chi connectivity index (χ3v) is 5.03. The first kappa shape index (κ1) is 18.6. The van der Waals surface area contributed by atoms with Crippen LogP contribution < -0.4 is 16.0 Å². The van der Waals surface area contributed by atoms with Crippen LogP contribution in [0, 0.1) is 0 Å². The van der Waals surface area contributed by atoms with E-state index in [1.54, 1.807) is 0 Å². The predicted octanol–water partition coefficient (Wildman–Crippen LogP) is 2.14. The van der Waals surface area contributed by atoms with Crippen LogP contribution in [0.3, 0.4) is 0 Å². The molecule has 26 heavy (non-hydrogen) atoms. The second-order valence-corrected chi connectivity index (χ2v) is 7.50. The van der Waals surface area contributed by atoms with Crippen LogP contribution >= 0.6 is 0 Å². The van der Waals surface area contributed by atoms with Gasteiger partial charge in [-0.3, -0.25) is 9.59 Å². The number of aromatic nitrogens is 2. The summed E-state index contributed by atoms with van der Waals surface area (Å²) in [4.78, 5) is 33.3. The topological polar surface area (TPSA) is 96.0 Å². The molecule has 0 bridgehead atoms. The zero-order valence-corrected chi connectivity index (χ0v) is 15.7. The van der Waals surface area contributed by atoms with E-state index in [1.165, 1.54) is 19.3 Å². The van der Waals surface area contributed by atoms with Crippen molar-refractivity contribution in [3.05, 3.63) is 17.1 Å². The van der Waals surface area contributed by atoms with E-state index >= 15 is 0 Å². The normalized spacial score (nSPS) is 17.6. The number of nitrogens with one attached hydrogen (secondary N) is 3. The van der Waals surface area contributed by atoms with Crippen molar-refractivity contribution in [2.75, 3.05) is 18.4 Å². The molecule has 0 atom stereocenters. The van der Waals surface area contributed by atoms with Crippen LogP contribution in [0.4, 0.5) is 5.82 Å². The van der Waals surface area contributed by atoms with Gasteiger partial charge in [0.25, 0.3) is 5.91 Å². The van der Waals surface area contributed by atoms with Gasteiger partial charge in [0, 0.05) is 37.0 Å². The molecular formula is C19H29N5O2. The fourth-order valence-corrected chi connectivity index (χ4v) is 3.56. The lowest BCUT2D eigenvalue weighted by atomic mass is 9.95. The fraction of sp³-hybridized carbons (Fsp3) is 0.684. The van der Waals surface area contributed by atoms with Crippen molar-refractivity contribution in [1.82, 2.24) is 20.6 Å². The summed E-state index contributed by atoms with van der Waals surface area (Å²) in [6.45, 7) is 5.10. The van der Waals surface area contributed by atoms with Gasteiger partial charge < -0.3 is 16.0 Å². The zero-order chi connectivity index (χ0) is 18.5. The Bertz CT molecular complexity index is 668. The number of amides is 2. The summed E-state index contributed by atoms with van der Waals surface area (Å²) >= 11 is 0. The van der Waals surface area contributed by atoms with E-state index in [0.717, 1.165) is 18.4 Å². The van der Waals surface area contributed by atoms with Crippen LogP contribution in [0.2, 0.25) is 0 Å². The van der Waals surface area contributed by atoms with Gasteiger partial charge >= 0.3 is 0 Å². The van der Waals surface area contributed by atoms with Crippen LogP contribution in [0.1, 0.15) is 80.2 Å². The number of nitrogens with zero attached hydrogens (tertiary/aromatic N) is 2. The lowest BCUT2D eigenvalue weighted by molar-refractivity contribution is -0.121. The number of anilines is 1. The summed E-state index contributed by atoms with van der Waals surface area (Å²) in [5, 5.41) is 9.22. The Morgan fingerprint density at radius 2 is 2.00 bits per heavy atom. The maximum Gasteiger partial charge on any atom is 0.270 e. The predicted molar refractivity (Wildman–Crippen MR) is 100 cm³/mol. The molecule has 1 aromatic heterocycles. The Morgan fingerprint density at radius 3 is 2.73 bits per heavy atom. The number of hydrogen-bond acceptors (Lipinski definition) is 5. The molecule has 3 rings (SSSR count). The average molecular weight is 359 g/mol. The number of hydrogen-bond donors (Lipinski definition) is 3. The number of carbonyl (C=O) groups excluding carboxylic acids is 2. The van der Waals surface area contributed by atoms with E-state index in [-0.39, 0.29) is 17.7 Å². The number of carbonyl (C=O) groups is 2. The Labute approximate surface area is 154 Å². The highest BCUT2D eigenvalue weighted by atomic mass is 16.2. The van der Waals surface area contributed by atoms with Crippen LogP contribution in [-0.4, -0.2) is 40.9 Å². The molecule has 1 aliphatic carbocycles. The Morgan fingerprint density at radius 1 is 1.23 bits per heavy atom. The van der Waals surface area contributed by atoms with Gasteiger partial charge in [-0.1, -0.05) is 33.1 Å². The fourth-order valence-electron chi connectivity index (χ4n) is 3.56. The van der Waals surface area contributed by atoms with E-state index in [9.17, 15) is 9.59 Å². The minimum absolute atomic E-state index is 0.0779. The first-order chi connectivity index (χ1) is 12.5. The lowest BCUT2D eigenvalue weighted by Gasteiger charge is -2.23. The maximum atomic E-state index is 12.2. The maximum absolute atomic E-state index is 12.2. The molecule has 2 heterocycles. The standard InChI is InChI=1S/C19H29N5O2/c1-12(2)17-23-16-14(8-10-21-19(16)26)18(24-17)20-11-9-15(25)22-13-6-4-3-5-7-13/h12-13H,3-11H2,1-2H3,(H,21,26)(H,22,25)(H,20,23,24). The van der Waals surface area contributed by atoms with Crippen molar-refractivity contribution in [3.8, 4) is 0 Å². The quantitative estimate of drug-likeness (QED) is 0.723. The second-order valence-electron chi connectivity index (χ2n) is 7.50. The molecule has 7 nitrogen and oxygen atoms in total. The molecule has 0 radical (unpaired) electrons. The third kappa shape index (κ3) is 4.51. The van der Waals surface area contributed by atoms with Crippen LogP contribution in [0.25, 0.3) is 0 Å². The summed E-state index contributed by atoms with van der Waals surface area (Å²) in [6.07, 6.45) is 6.97. The van der Waals surface area contributed by atoms with Gasteiger partial charge in [0.2, 0.25) is 5.91 Å². The Balaban J connectivity index is 1.61. The van der Waals surface area contributed by atoms with Gasteiger partial charge in [-0.25, -0.2) is 9.97 Å². The van der Waals surface area contributed by atoms with Crippen LogP contribution in [0.5, 0.6) is 0 Å². The highest BCUT2D eigenvalue weighted by Gasteiger charge is 2.24. The molecule has 1 aliphatic heterocycles. The third-order valence-electron chi connectivity index (χ3n) is 5.03. The highest BCUT2D eigenvalue weighted by molar-refractivity contribution is 5.96. The zero-order valence-electron chi connectivity index (χ0n) is 15.7. The number of fused-ring (bicyclic) bond motifs is 1. The van der Waals surface area contributed by atoms with Crippen molar-refractivity contribution in [3.63, 3.8) is 0 Å². The molecule has 0 spiro atoms. The molecule has 0 saturated heterocycles. The van der Waals surface area contributed by atoms with Gasteiger partial charge in [0.05, 0.1) is 0 Å². The summed E-state index contributed by atoms with van der Waals surface area (Å²) < 4.78 is 0. The molecule has 1 fully saturated rings. The first-order valence-corrected chi connectivity index (χ1v) is 9.77. The van der Waals surface area contributed by atoms with E-state index in [0.29, 0.717) is 49.3 Å². The van der Waals surface area contributed by atoms with Crippen LogP contribution in [-0.2, 0) is 11.2 Å². The van der Waals surface area contributed by atoms with E-state index in [2.05, 4.69) is 25.9 Å². The molecule has 0 unspecified atom stereocenters. The van der Waals surface area contributed by atoms with Crippen molar-refractivity contribution in [1.29, 1.82) is 0 Å². The average Bonchev–Trinajstić information content (AvgIpc) is 2.63. The Hall–Kier alpha value is -2.18. The molecule has 1 aromatic rings. The van der Waals surface area contributed by atoms with Crippen molar-refractivity contribution in [2.45, 2.75) is 70.8 Å². The monoisotopic (exact) mass is 359 g/mol. The largest absolute Gasteiger partial charge is 0.369 e. The Kier molecular flexibility index (Phi) is 6.06. The van der Waals surface area contributed by atoms with Crippen molar-refractivity contribution in [2.24, 2.45) is 0 Å². The van der Waals surface area contributed by atoms with Crippen molar-refractivity contribution >= 4 is 17.6 Å². The molecule has 2 amide bonds. The lowest BCUT2D eigenvalue weighted by Crippen LogP contribution is -2.37. The molecular weight excluding hydrogens is 330 g/mol. The highest BCUT2D eigenvalue weighted by Crippen LogP contribution is 2.23. The van der Waals surface area contributed by atoms with Gasteiger partial charge in [-0.05, 0) is 19.3 Å². The van der Waals surface area contributed by atoms with Crippen LogP contribution in [0.15, 0.2) is 0 Å². The smallest absolute Gasteiger partial charge is 0.270 e. The minimum atomic E-state index is -0.145. The molecule has 0 aromatic carbocycles. The van der Waals surface area contributed by atoms with E-state index in [4.69, 9.17) is 0 Å². The van der Waals surface area contributed by atoms with Gasteiger partial charge in [0.15, 0.2) is 0 Å². The first-order valence-electron chi connectivity index (χ1n) is 9.77. The van der Waals surface area contributed by atoms with E-state index in [1.807, 2.05) is 13.8 Å². The summed E-state index contributed by atoms with van der Waals surface area (Å²) in [7, 11) is 0. The summed E-state index contributed by atoms with van der Waals surface area (Å²) in [6, 6.07) is 0.333. The van der Waals surface area contributed by atoms with Crippen molar-refractivity contribution < 1.29 is 9.59 Å². The molecule has 142 valence electrons. The van der Waals surface area contributed by atoms with Gasteiger partial charge in [-0.15, -0.1) is 0 Å². The minimum Gasteiger partial charge on any atom is -0.369 e.